The molecule has 0 bridgehead atoms. The lowest BCUT2D eigenvalue weighted by atomic mass is 9.99. The Hall–Kier alpha value is -2.63. The normalized spacial score (nSPS) is 17.4. The summed E-state index contributed by atoms with van der Waals surface area (Å²) in [5.41, 5.74) is 2.87. The molecule has 0 unspecified atom stereocenters. The number of fused-ring (bicyclic) bond motifs is 1. The van der Waals surface area contributed by atoms with Crippen molar-refractivity contribution in [2.45, 2.75) is 32.6 Å². The van der Waals surface area contributed by atoms with Crippen LogP contribution in [0.2, 0.25) is 0 Å². The Bertz CT molecular complexity index is 1210. The van der Waals surface area contributed by atoms with Crippen molar-refractivity contribution in [3.8, 4) is 0 Å². The highest BCUT2D eigenvalue weighted by Gasteiger charge is 2.31. The van der Waals surface area contributed by atoms with Crippen molar-refractivity contribution in [3.05, 3.63) is 64.7 Å². The maximum absolute atomic E-state index is 13.0. The molecule has 4 rings (SSSR count). The predicted octanol–water partition coefficient (Wildman–Crippen LogP) is 3.15. The first kappa shape index (κ1) is 26.4. The van der Waals surface area contributed by atoms with Gasteiger partial charge in [0.1, 0.15) is 5.88 Å². The van der Waals surface area contributed by atoms with Crippen LogP contribution in [0, 0.1) is 0 Å². The number of anilines is 1. The van der Waals surface area contributed by atoms with Crippen LogP contribution in [0.15, 0.2) is 42.5 Å². The number of sulfonamides is 1. The molecule has 0 N–H and O–H groups in total. The number of piperazine rings is 1. The lowest BCUT2D eigenvalue weighted by molar-refractivity contribution is -0.137. The lowest BCUT2D eigenvalue weighted by Gasteiger charge is -2.36. The van der Waals surface area contributed by atoms with E-state index in [4.69, 9.17) is 0 Å². The molecule has 2 aliphatic heterocycles. The van der Waals surface area contributed by atoms with Gasteiger partial charge in [-0.1, -0.05) is 24.3 Å². The number of amides is 1. The van der Waals surface area contributed by atoms with Gasteiger partial charge in [0.2, 0.25) is 15.9 Å². The molecule has 0 spiro atoms. The lowest BCUT2D eigenvalue weighted by Crippen LogP contribution is -2.48. The Morgan fingerprint density at radius 1 is 1.00 bits per heavy atom. The quantitative estimate of drug-likeness (QED) is 0.581. The van der Waals surface area contributed by atoms with E-state index in [-0.39, 0.29) is 23.9 Å². The number of nitrogens with zero attached hydrogens (tertiary/aromatic N) is 4. The minimum atomic E-state index is -4.47. The zero-order chi connectivity index (χ0) is 26.1. The van der Waals surface area contributed by atoms with E-state index in [1.807, 2.05) is 21.9 Å². The number of alkyl halides is 3. The van der Waals surface area contributed by atoms with Crippen LogP contribution in [0.5, 0.6) is 0 Å². The minimum absolute atomic E-state index is 0.0932. The van der Waals surface area contributed by atoms with Crippen molar-refractivity contribution >= 4 is 21.6 Å². The Balaban J connectivity index is 1.36. The molecule has 196 valence electrons. The van der Waals surface area contributed by atoms with Crippen molar-refractivity contribution < 1.29 is 26.4 Å². The molecule has 0 aliphatic carbocycles. The summed E-state index contributed by atoms with van der Waals surface area (Å²) in [6.45, 7) is 5.48. The molecule has 0 atom stereocenters. The SMILES string of the molecule is CC(=O)N1CCN(c2ccc3c(c2)CCN(CS(=O)(=O)N(C)Cc2cccc(C(F)(F)F)c2)C3)CC1. The average molecular weight is 525 g/mol. The summed E-state index contributed by atoms with van der Waals surface area (Å²) in [4.78, 5) is 17.5. The van der Waals surface area contributed by atoms with Crippen molar-refractivity contribution in [2.75, 3.05) is 50.5 Å². The van der Waals surface area contributed by atoms with Gasteiger partial charge < -0.3 is 9.80 Å². The zero-order valence-electron chi connectivity index (χ0n) is 20.5. The summed E-state index contributed by atoms with van der Waals surface area (Å²) in [5, 5.41) is 0. The van der Waals surface area contributed by atoms with E-state index in [9.17, 15) is 26.4 Å². The summed E-state index contributed by atoms with van der Waals surface area (Å²) < 4.78 is 66.0. The van der Waals surface area contributed by atoms with Gasteiger partial charge in [-0.3, -0.25) is 9.69 Å². The molecule has 7 nitrogen and oxygen atoms in total. The van der Waals surface area contributed by atoms with Crippen LogP contribution < -0.4 is 4.90 Å². The third-order valence-electron chi connectivity index (χ3n) is 6.85. The first-order chi connectivity index (χ1) is 16.9. The predicted molar refractivity (Wildman–Crippen MR) is 132 cm³/mol. The second-order valence-corrected chi connectivity index (χ2v) is 11.5. The van der Waals surface area contributed by atoms with E-state index in [2.05, 4.69) is 11.0 Å². The second-order valence-electron chi connectivity index (χ2n) is 9.44. The summed E-state index contributed by atoms with van der Waals surface area (Å²) >= 11 is 0. The third kappa shape index (κ3) is 6.19. The monoisotopic (exact) mass is 524 g/mol. The molecular weight excluding hydrogens is 493 g/mol. The Kier molecular flexibility index (Phi) is 7.63. The van der Waals surface area contributed by atoms with Gasteiger partial charge in [0.05, 0.1) is 5.56 Å². The Morgan fingerprint density at radius 2 is 1.72 bits per heavy atom. The Morgan fingerprint density at radius 3 is 2.39 bits per heavy atom. The molecule has 1 amide bonds. The highest BCUT2D eigenvalue weighted by molar-refractivity contribution is 7.88. The van der Waals surface area contributed by atoms with E-state index < -0.39 is 21.8 Å². The maximum atomic E-state index is 13.0. The molecule has 11 heteroatoms. The summed E-state index contributed by atoms with van der Waals surface area (Å²) in [6, 6.07) is 11.0. The van der Waals surface area contributed by atoms with E-state index in [0.29, 0.717) is 32.6 Å². The van der Waals surface area contributed by atoms with Crippen LogP contribution in [0.1, 0.15) is 29.2 Å². The van der Waals surface area contributed by atoms with E-state index >= 15 is 0 Å². The fourth-order valence-corrected chi connectivity index (χ4v) is 5.94. The number of carbonyl (C=O) groups is 1. The summed E-state index contributed by atoms with van der Waals surface area (Å²) in [6.07, 6.45) is -3.76. The number of hydrogen-bond acceptors (Lipinski definition) is 5. The van der Waals surface area contributed by atoms with Gasteiger partial charge in [0.25, 0.3) is 0 Å². The smallest absolute Gasteiger partial charge is 0.368 e. The van der Waals surface area contributed by atoms with Crippen molar-refractivity contribution in [1.82, 2.24) is 14.1 Å². The van der Waals surface area contributed by atoms with Gasteiger partial charge in [0.15, 0.2) is 0 Å². The van der Waals surface area contributed by atoms with Gasteiger partial charge in [-0.05, 0) is 41.3 Å². The standard InChI is InChI=1S/C25H31F3N4O3S/c1-19(33)31-10-12-32(13-11-31)24-7-6-22-17-30(9-8-21(22)15-24)18-36(34,35)29(2)16-20-4-3-5-23(14-20)25(26,27)28/h3-7,14-15H,8-13,16-18H2,1-2H3. The molecule has 0 aromatic heterocycles. The molecule has 2 aromatic carbocycles. The zero-order valence-corrected chi connectivity index (χ0v) is 21.3. The van der Waals surface area contributed by atoms with Gasteiger partial charge >= 0.3 is 6.18 Å². The molecular formula is C25H31F3N4O3S. The largest absolute Gasteiger partial charge is 0.416 e. The highest BCUT2D eigenvalue weighted by atomic mass is 32.2. The van der Waals surface area contributed by atoms with Crippen molar-refractivity contribution in [2.24, 2.45) is 0 Å². The van der Waals surface area contributed by atoms with Crippen LogP contribution in [0.25, 0.3) is 0 Å². The van der Waals surface area contributed by atoms with Crippen LogP contribution in [0.4, 0.5) is 18.9 Å². The van der Waals surface area contributed by atoms with Crippen LogP contribution >= 0.6 is 0 Å². The van der Waals surface area contributed by atoms with Gasteiger partial charge in [-0.2, -0.15) is 17.5 Å². The van der Waals surface area contributed by atoms with E-state index in [1.165, 1.54) is 24.7 Å². The molecule has 2 aliphatic rings. The van der Waals surface area contributed by atoms with Crippen LogP contribution in [-0.4, -0.2) is 74.1 Å². The number of benzene rings is 2. The molecule has 0 radical (unpaired) electrons. The van der Waals surface area contributed by atoms with E-state index in [0.717, 1.165) is 40.8 Å². The molecule has 0 saturated carbocycles. The fourth-order valence-electron chi connectivity index (χ4n) is 4.72. The summed E-state index contributed by atoms with van der Waals surface area (Å²) in [5.74, 6) is -0.105. The van der Waals surface area contributed by atoms with Crippen molar-refractivity contribution in [1.29, 1.82) is 0 Å². The number of hydrogen-bond donors (Lipinski definition) is 0. The second kappa shape index (κ2) is 10.4. The maximum Gasteiger partial charge on any atom is 0.416 e. The number of halogens is 3. The molecule has 36 heavy (non-hydrogen) atoms. The van der Waals surface area contributed by atoms with Gasteiger partial charge in [-0.15, -0.1) is 0 Å². The highest BCUT2D eigenvalue weighted by Crippen LogP contribution is 2.30. The number of carbonyl (C=O) groups excluding carboxylic acids is 1. The van der Waals surface area contributed by atoms with Gasteiger partial charge in [-0.25, -0.2) is 8.42 Å². The molecule has 1 fully saturated rings. The molecule has 2 aromatic rings. The first-order valence-electron chi connectivity index (χ1n) is 11.9. The van der Waals surface area contributed by atoms with E-state index in [1.54, 1.807) is 6.92 Å². The molecule has 1 saturated heterocycles. The minimum Gasteiger partial charge on any atom is -0.368 e. The first-order valence-corrected chi connectivity index (χ1v) is 13.5. The van der Waals surface area contributed by atoms with Crippen LogP contribution in [0.3, 0.4) is 0 Å². The topological polar surface area (TPSA) is 64.2 Å². The average Bonchev–Trinajstić information content (AvgIpc) is 2.83. The van der Waals surface area contributed by atoms with Gasteiger partial charge in [0, 0.05) is 65.5 Å². The molecule has 2 heterocycles. The number of rotatable bonds is 6. The van der Waals surface area contributed by atoms with Crippen molar-refractivity contribution in [3.63, 3.8) is 0 Å². The van der Waals surface area contributed by atoms with Crippen LogP contribution in [-0.2, 0) is 40.5 Å². The fraction of sp³-hybridized carbons (Fsp3) is 0.480. The Labute approximate surface area is 210 Å². The summed E-state index contributed by atoms with van der Waals surface area (Å²) in [7, 11) is -2.31. The third-order valence-corrected chi connectivity index (χ3v) is 8.62.